The van der Waals surface area contributed by atoms with E-state index in [0.29, 0.717) is 5.57 Å². The molecule has 0 radical (unpaired) electrons. The molecule has 0 atom stereocenters. The lowest BCUT2D eigenvalue weighted by molar-refractivity contribution is -0.118. The van der Waals surface area contributed by atoms with E-state index in [0.717, 1.165) is 23.1 Å². The van der Waals surface area contributed by atoms with Gasteiger partial charge in [-0.3, -0.25) is 4.79 Å². The van der Waals surface area contributed by atoms with Gasteiger partial charge < -0.3 is 5.32 Å². The zero-order valence-electron chi connectivity index (χ0n) is 17.3. The normalized spacial score (nSPS) is 11.1. The number of benzene rings is 3. The molecule has 148 valence electrons. The molecule has 1 N–H and O–H groups in total. The van der Waals surface area contributed by atoms with Crippen molar-refractivity contribution in [3.05, 3.63) is 119 Å². The van der Waals surface area contributed by atoms with Crippen LogP contribution in [0.25, 0.3) is 0 Å². The van der Waals surface area contributed by atoms with Crippen molar-refractivity contribution in [3.63, 3.8) is 0 Å². The Morgan fingerprint density at radius 2 is 1.31 bits per heavy atom. The van der Waals surface area contributed by atoms with E-state index in [1.165, 1.54) is 18.4 Å². The first-order chi connectivity index (χ1) is 14.1. The minimum absolute atomic E-state index is 0.159. The Bertz CT molecular complexity index is 903. The van der Waals surface area contributed by atoms with Crippen LogP contribution in [0.15, 0.2) is 97.1 Å². The summed E-state index contributed by atoms with van der Waals surface area (Å²) in [5.74, 6) is -0.159. The molecule has 0 unspecified atom stereocenters. The number of carbonyl (C=O) groups excluding carboxylic acids is 1. The molecule has 0 spiro atoms. The fourth-order valence-corrected chi connectivity index (χ4v) is 3.67. The molecule has 0 fully saturated rings. The minimum Gasteiger partial charge on any atom is -0.335 e. The van der Waals surface area contributed by atoms with E-state index in [2.05, 4.69) is 67.4 Å². The summed E-state index contributed by atoms with van der Waals surface area (Å²) in [5.41, 5.74) is 4.08. The van der Waals surface area contributed by atoms with Crippen molar-refractivity contribution in [2.75, 3.05) is 0 Å². The Morgan fingerprint density at radius 3 is 1.76 bits per heavy atom. The van der Waals surface area contributed by atoms with Gasteiger partial charge in [0.15, 0.2) is 0 Å². The summed E-state index contributed by atoms with van der Waals surface area (Å²) in [6.07, 6.45) is 3.42. The van der Waals surface area contributed by atoms with Crippen LogP contribution in [0, 0.1) is 0 Å². The van der Waals surface area contributed by atoms with Gasteiger partial charge in [0.1, 0.15) is 5.54 Å². The largest absolute Gasteiger partial charge is 0.335 e. The van der Waals surface area contributed by atoms with Gasteiger partial charge in [0, 0.05) is 5.57 Å². The molecule has 1 amide bonds. The Labute approximate surface area is 174 Å². The number of nitrogens with one attached hydrogen (secondary N) is 1. The number of unbranched alkanes of at least 4 members (excludes halogenated alkanes) is 1. The van der Waals surface area contributed by atoms with Crippen LogP contribution in [0.2, 0.25) is 0 Å². The van der Waals surface area contributed by atoms with E-state index in [9.17, 15) is 4.79 Å². The summed E-state index contributed by atoms with van der Waals surface area (Å²) in [7, 11) is 0. The molecule has 0 aliphatic carbocycles. The molecular weight excluding hydrogens is 354 g/mol. The van der Waals surface area contributed by atoms with E-state index < -0.39 is 5.54 Å². The fourth-order valence-electron chi connectivity index (χ4n) is 3.67. The van der Waals surface area contributed by atoms with Crippen LogP contribution in [-0.4, -0.2) is 5.91 Å². The highest BCUT2D eigenvalue weighted by Gasteiger charge is 2.37. The van der Waals surface area contributed by atoms with Gasteiger partial charge >= 0.3 is 0 Å². The van der Waals surface area contributed by atoms with E-state index >= 15 is 0 Å². The smallest absolute Gasteiger partial charge is 0.247 e. The summed E-state index contributed by atoms with van der Waals surface area (Å²) >= 11 is 0. The average Bonchev–Trinajstić information content (AvgIpc) is 2.77. The van der Waals surface area contributed by atoms with Crippen LogP contribution in [0.3, 0.4) is 0 Å². The number of hydrogen-bond donors (Lipinski definition) is 1. The van der Waals surface area contributed by atoms with Gasteiger partial charge in [0.25, 0.3) is 0 Å². The number of aryl methyl sites for hydroxylation is 1. The first-order valence-electron chi connectivity index (χ1n) is 10.3. The monoisotopic (exact) mass is 383 g/mol. The molecule has 0 aliphatic rings. The molecule has 0 bridgehead atoms. The summed E-state index contributed by atoms with van der Waals surface area (Å²) < 4.78 is 0. The van der Waals surface area contributed by atoms with Crippen molar-refractivity contribution >= 4 is 5.91 Å². The quantitative estimate of drug-likeness (QED) is 0.374. The van der Waals surface area contributed by atoms with Gasteiger partial charge in [-0.1, -0.05) is 105 Å². The Morgan fingerprint density at radius 1 is 0.828 bits per heavy atom. The third-order valence-corrected chi connectivity index (χ3v) is 5.31. The maximum Gasteiger partial charge on any atom is 0.247 e. The van der Waals surface area contributed by atoms with E-state index in [1.807, 2.05) is 36.4 Å². The predicted molar refractivity (Wildman–Crippen MR) is 121 cm³/mol. The first kappa shape index (κ1) is 20.6. The van der Waals surface area contributed by atoms with Gasteiger partial charge in [-0.15, -0.1) is 0 Å². The third kappa shape index (κ3) is 4.48. The van der Waals surface area contributed by atoms with Crippen molar-refractivity contribution in [1.82, 2.24) is 5.32 Å². The minimum atomic E-state index is -0.790. The lowest BCUT2D eigenvalue weighted by Crippen LogP contribution is -2.48. The first-order valence-corrected chi connectivity index (χ1v) is 10.3. The van der Waals surface area contributed by atoms with E-state index in [4.69, 9.17) is 0 Å². The molecule has 3 aromatic rings. The number of rotatable bonds is 8. The van der Waals surface area contributed by atoms with E-state index in [1.54, 1.807) is 6.92 Å². The molecule has 3 aromatic carbocycles. The van der Waals surface area contributed by atoms with Crippen LogP contribution in [-0.2, 0) is 16.8 Å². The third-order valence-electron chi connectivity index (χ3n) is 5.31. The molecule has 0 saturated carbocycles. The predicted octanol–water partition coefficient (Wildman–Crippen LogP) is 6.01. The highest BCUT2D eigenvalue weighted by Crippen LogP contribution is 2.37. The van der Waals surface area contributed by atoms with Crippen molar-refractivity contribution in [1.29, 1.82) is 0 Å². The SMILES string of the molecule is C=C(C)C(=O)NC(c1ccccc1)(c1ccccc1)c1ccc(CCCC)cc1. The van der Waals surface area contributed by atoms with Crippen LogP contribution in [0.5, 0.6) is 0 Å². The second-order valence-electron chi connectivity index (χ2n) is 7.52. The highest BCUT2D eigenvalue weighted by molar-refractivity contribution is 5.93. The van der Waals surface area contributed by atoms with Gasteiger partial charge in [0.2, 0.25) is 5.91 Å². The maximum atomic E-state index is 12.9. The van der Waals surface area contributed by atoms with Crippen LogP contribution in [0.1, 0.15) is 48.9 Å². The standard InChI is InChI=1S/C27H29NO/c1-4-5-12-22-17-19-25(20-18-22)27(28-26(29)21(2)3,23-13-8-6-9-14-23)24-15-10-7-11-16-24/h6-11,13-20H,2,4-5,12H2,1,3H3,(H,28,29). The Kier molecular flexibility index (Phi) is 6.66. The number of hydrogen-bond acceptors (Lipinski definition) is 1. The van der Waals surface area contributed by atoms with Crippen molar-refractivity contribution < 1.29 is 4.79 Å². The molecule has 0 aliphatic heterocycles. The second kappa shape index (κ2) is 9.38. The molecule has 3 rings (SSSR count). The van der Waals surface area contributed by atoms with Crippen molar-refractivity contribution in [2.24, 2.45) is 0 Å². The molecular formula is C27H29NO. The lowest BCUT2D eigenvalue weighted by atomic mass is 9.76. The number of carbonyl (C=O) groups is 1. The molecule has 2 heteroatoms. The molecule has 29 heavy (non-hydrogen) atoms. The lowest BCUT2D eigenvalue weighted by Gasteiger charge is -2.37. The van der Waals surface area contributed by atoms with Gasteiger partial charge in [-0.05, 0) is 42.0 Å². The zero-order chi connectivity index (χ0) is 20.7. The zero-order valence-corrected chi connectivity index (χ0v) is 17.3. The highest BCUT2D eigenvalue weighted by atomic mass is 16.1. The van der Waals surface area contributed by atoms with Crippen molar-refractivity contribution in [3.8, 4) is 0 Å². The molecule has 0 heterocycles. The molecule has 0 aromatic heterocycles. The van der Waals surface area contributed by atoms with Crippen LogP contribution >= 0.6 is 0 Å². The topological polar surface area (TPSA) is 29.1 Å². The van der Waals surface area contributed by atoms with Gasteiger partial charge in [-0.25, -0.2) is 0 Å². The number of amides is 1. The Balaban J connectivity index is 2.21. The summed E-state index contributed by atoms with van der Waals surface area (Å²) in [6.45, 7) is 7.80. The van der Waals surface area contributed by atoms with Crippen LogP contribution < -0.4 is 5.32 Å². The summed E-state index contributed by atoms with van der Waals surface area (Å²) in [6, 6.07) is 28.9. The maximum absolute atomic E-state index is 12.9. The van der Waals surface area contributed by atoms with Crippen molar-refractivity contribution in [2.45, 2.75) is 38.6 Å². The van der Waals surface area contributed by atoms with Crippen LogP contribution in [0.4, 0.5) is 0 Å². The van der Waals surface area contributed by atoms with Gasteiger partial charge in [0.05, 0.1) is 0 Å². The molecule has 0 saturated heterocycles. The fraction of sp³-hybridized carbons (Fsp3) is 0.222. The molecule has 2 nitrogen and oxygen atoms in total. The van der Waals surface area contributed by atoms with E-state index in [-0.39, 0.29) is 5.91 Å². The Hall–Kier alpha value is -3.13. The average molecular weight is 384 g/mol. The van der Waals surface area contributed by atoms with Gasteiger partial charge in [-0.2, -0.15) is 0 Å². The second-order valence-corrected chi connectivity index (χ2v) is 7.52. The summed E-state index contributed by atoms with van der Waals surface area (Å²) in [4.78, 5) is 12.9. The summed E-state index contributed by atoms with van der Waals surface area (Å²) in [5, 5.41) is 3.30.